The molecule has 0 aromatic carbocycles. The zero-order chi connectivity index (χ0) is 13.4. The number of urea groups is 1. The van der Waals surface area contributed by atoms with E-state index in [4.69, 9.17) is 5.11 Å². The maximum atomic E-state index is 11.9. The highest BCUT2D eigenvalue weighted by atomic mass is 16.4. The third-order valence-corrected chi connectivity index (χ3v) is 2.92. The van der Waals surface area contributed by atoms with Crippen molar-refractivity contribution in [3.05, 3.63) is 0 Å². The van der Waals surface area contributed by atoms with Crippen molar-refractivity contribution in [2.75, 3.05) is 13.1 Å². The molecule has 0 aliphatic heterocycles. The van der Waals surface area contributed by atoms with Crippen molar-refractivity contribution in [1.29, 1.82) is 0 Å². The number of aliphatic carboxylic acids is 1. The summed E-state index contributed by atoms with van der Waals surface area (Å²) in [4.78, 5) is 24.5. The summed E-state index contributed by atoms with van der Waals surface area (Å²) in [6.45, 7) is 8.85. The van der Waals surface area contributed by atoms with Crippen molar-refractivity contribution in [2.45, 2.75) is 46.6 Å². The molecule has 1 unspecified atom stereocenters. The third-order valence-electron chi connectivity index (χ3n) is 2.92. The Morgan fingerprint density at radius 3 is 2.24 bits per heavy atom. The zero-order valence-corrected chi connectivity index (χ0v) is 11.2. The minimum Gasteiger partial charge on any atom is -0.480 e. The summed E-state index contributed by atoms with van der Waals surface area (Å²) in [7, 11) is 0. The van der Waals surface area contributed by atoms with Crippen LogP contribution in [0.5, 0.6) is 0 Å². The van der Waals surface area contributed by atoms with Crippen LogP contribution in [0.3, 0.4) is 0 Å². The molecule has 0 aromatic heterocycles. The molecule has 5 heteroatoms. The van der Waals surface area contributed by atoms with E-state index in [9.17, 15) is 9.59 Å². The fraction of sp³-hybridized carbons (Fsp3) is 0.833. The van der Waals surface area contributed by atoms with E-state index < -0.39 is 12.0 Å². The lowest BCUT2D eigenvalue weighted by atomic mass is 9.99. The van der Waals surface area contributed by atoms with Crippen molar-refractivity contribution in [3.8, 4) is 0 Å². The molecule has 2 amide bonds. The first-order valence-electron chi connectivity index (χ1n) is 6.26. The van der Waals surface area contributed by atoms with Gasteiger partial charge in [-0.15, -0.1) is 0 Å². The van der Waals surface area contributed by atoms with Crippen LogP contribution in [0.1, 0.15) is 40.5 Å². The highest BCUT2D eigenvalue weighted by Gasteiger charge is 2.26. The molecule has 2 N–H and O–H groups in total. The van der Waals surface area contributed by atoms with E-state index in [1.54, 1.807) is 4.90 Å². The second-order valence-corrected chi connectivity index (χ2v) is 4.23. The molecule has 0 radical (unpaired) electrons. The van der Waals surface area contributed by atoms with Crippen molar-refractivity contribution in [3.63, 3.8) is 0 Å². The summed E-state index contributed by atoms with van der Waals surface area (Å²) in [5.41, 5.74) is 0. The summed E-state index contributed by atoms with van der Waals surface area (Å²) in [5, 5.41) is 11.7. The van der Waals surface area contributed by atoms with Crippen molar-refractivity contribution in [1.82, 2.24) is 10.2 Å². The van der Waals surface area contributed by atoms with Gasteiger partial charge in [0.25, 0.3) is 0 Å². The molecule has 0 bridgehead atoms. The molecule has 0 spiro atoms. The van der Waals surface area contributed by atoms with Gasteiger partial charge in [0.2, 0.25) is 0 Å². The van der Waals surface area contributed by atoms with Crippen LogP contribution in [0.15, 0.2) is 0 Å². The fourth-order valence-electron chi connectivity index (χ4n) is 1.58. The third kappa shape index (κ3) is 5.06. The summed E-state index contributed by atoms with van der Waals surface area (Å²) in [6.07, 6.45) is 1.58. The topological polar surface area (TPSA) is 69.6 Å². The fourth-order valence-corrected chi connectivity index (χ4v) is 1.58. The molecule has 0 saturated carbocycles. The van der Waals surface area contributed by atoms with Crippen LogP contribution >= 0.6 is 0 Å². The normalized spacial score (nSPS) is 13.9. The molecular formula is C12H24N2O3. The number of nitrogens with one attached hydrogen (secondary N) is 1. The summed E-state index contributed by atoms with van der Waals surface area (Å²) >= 11 is 0. The average molecular weight is 244 g/mol. The Balaban J connectivity index is 4.53. The van der Waals surface area contributed by atoms with E-state index in [1.165, 1.54) is 0 Å². The van der Waals surface area contributed by atoms with Crippen LogP contribution < -0.4 is 5.32 Å². The molecule has 0 heterocycles. The Kier molecular flexibility index (Phi) is 7.34. The largest absolute Gasteiger partial charge is 0.480 e. The molecule has 5 nitrogen and oxygen atoms in total. The van der Waals surface area contributed by atoms with Crippen LogP contribution in [0.4, 0.5) is 4.79 Å². The average Bonchev–Trinajstić information content (AvgIpc) is 2.31. The van der Waals surface area contributed by atoms with Gasteiger partial charge in [-0.25, -0.2) is 9.59 Å². The highest BCUT2D eigenvalue weighted by molar-refractivity contribution is 5.82. The number of amides is 2. The number of hydrogen-bond acceptors (Lipinski definition) is 2. The summed E-state index contributed by atoms with van der Waals surface area (Å²) < 4.78 is 0. The molecule has 17 heavy (non-hydrogen) atoms. The quantitative estimate of drug-likeness (QED) is 0.719. The van der Waals surface area contributed by atoms with Gasteiger partial charge >= 0.3 is 12.0 Å². The zero-order valence-electron chi connectivity index (χ0n) is 11.2. The lowest BCUT2D eigenvalue weighted by Crippen LogP contribution is -2.50. The van der Waals surface area contributed by atoms with Crippen LogP contribution in [0.2, 0.25) is 0 Å². The predicted octanol–water partition coefficient (Wildman–Crippen LogP) is 1.93. The maximum absolute atomic E-state index is 11.9. The lowest BCUT2D eigenvalue weighted by molar-refractivity contribution is -0.140. The number of carboxylic acids is 1. The van der Waals surface area contributed by atoms with Gasteiger partial charge in [0.1, 0.15) is 6.04 Å². The molecule has 0 aliphatic rings. The van der Waals surface area contributed by atoms with Gasteiger partial charge in [-0.1, -0.05) is 27.2 Å². The van der Waals surface area contributed by atoms with E-state index in [0.717, 1.165) is 12.8 Å². The van der Waals surface area contributed by atoms with Crippen LogP contribution in [-0.2, 0) is 4.79 Å². The predicted molar refractivity (Wildman–Crippen MR) is 66.9 cm³/mol. The number of nitrogens with zero attached hydrogens (tertiary/aromatic N) is 1. The Morgan fingerprint density at radius 1 is 1.29 bits per heavy atom. The second-order valence-electron chi connectivity index (χ2n) is 4.23. The van der Waals surface area contributed by atoms with Gasteiger partial charge in [0.05, 0.1) is 0 Å². The number of hydrogen-bond donors (Lipinski definition) is 2. The highest BCUT2D eigenvalue weighted by Crippen LogP contribution is 2.08. The Hall–Kier alpha value is -1.26. The first kappa shape index (κ1) is 15.7. The Bertz CT molecular complexity index is 256. The summed E-state index contributed by atoms with van der Waals surface area (Å²) in [5.74, 6) is -1.04. The minimum atomic E-state index is -0.972. The van der Waals surface area contributed by atoms with E-state index in [2.05, 4.69) is 5.32 Å². The van der Waals surface area contributed by atoms with Gasteiger partial charge in [0, 0.05) is 13.1 Å². The van der Waals surface area contributed by atoms with Gasteiger partial charge < -0.3 is 15.3 Å². The lowest BCUT2D eigenvalue weighted by Gasteiger charge is -2.26. The molecule has 0 aromatic rings. The van der Waals surface area contributed by atoms with Gasteiger partial charge in [-0.3, -0.25) is 0 Å². The molecular weight excluding hydrogens is 220 g/mol. The van der Waals surface area contributed by atoms with Crippen molar-refractivity contribution in [2.24, 2.45) is 5.92 Å². The Labute approximate surface area is 103 Å². The van der Waals surface area contributed by atoms with Crippen LogP contribution in [0.25, 0.3) is 0 Å². The Morgan fingerprint density at radius 2 is 1.88 bits per heavy atom. The number of carbonyl (C=O) groups excluding carboxylic acids is 1. The van der Waals surface area contributed by atoms with E-state index in [-0.39, 0.29) is 11.9 Å². The standard InChI is InChI=1S/C12H24N2O3/c1-5-8-14(7-3)12(17)13-10(11(15)16)9(4)6-2/h9-10H,5-8H2,1-4H3,(H,13,17)(H,15,16)/t9?,10-/m0/s1. The first-order valence-corrected chi connectivity index (χ1v) is 6.26. The number of rotatable bonds is 7. The SMILES string of the molecule is CCCN(CC)C(=O)N[C@H](C(=O)O)C(C)CC. The molecule has 0 aliphatic carbocycles. The van der Waals surface area contributed by atoms with Gasteiger partial charge in [0.15, 0.2) is 0 Å². The van der Waals surface area contributed by atoms with Gasteiger partial charge in [-0.2, -0.15) is 0 Å². The molecule has 2 atom stereocenters. The monoisotopic (exact) mass is 244 g/mol. The first-order chi connectivity index (χ1) is 7.97. The minimum absolute atomic E-state index is 0.0724. The van der Waals surface area contributed by atoms with Gasteiger partial charge in [-0.05, 0) is 19.3 Å². The van der Waals surface area contributed by atoms with Crippen LogP contribution in [0, 0.1) is 5.92 Å². The smallest absolute Gasteiger partial charge is 0.326 e. The maximum Gasteiger partial charge on any atom is 0.326 e. The second kappa shape index (κ2) is 7.92. The van der Waals surface area contributed by atoms with Crippen molar-refractivity contribution < 1.29 is 14.7 Å². The van der Waals surface area contributed by atoms with E-state index in [1.807, 2.05) is 27.7 Å². The summed E-state index contributed by atoms with van der Waals surface area (Å²) in [6, 6.07) is -1.10. The number of carbonyl (C=O) groups is 2. The van der Waals surface area contributed by atoms with E-state index in [0.29, 0.717) is 13.1 Å². The molecule has 0 rings (SSSR count). The molecule has 0 fully saturated rings. The van der Waals surface area contributed by atoms with E-state index >= 15 is 0 Å². The number of carboxylic acid groups (broad SMARTS) is 1. The molecule has 0 saturated heterocycles. The van der Waals surface area contributed by atoms with Crippen molar-refractivity contribution >= 4 is 12.0 Å². The van der Waals surface area contributed by atoms with Crippen LogP contribution in [-0.4, -0.2) is 41.1 Å². The molecule has 100 valence electrons.